The smallest absolute Gasteiger partial charge is 0.0800 e. The third-order valence-electron chi connectivity index (χ3n) is 3.50. The molecule has 2 aliphatic heterocycles. The van der Waals surface area contributed by atoms with E-state index >= 15 is 0 Å². The minimum atomic E-state index is -0.394. The molecule has 2 rings (SSSR count). The van der Waals surface area contributed by atoms with E-state index in [2.05, 4.69) is 6.92 Å². The molecule has 2 atom stereocenters. The van der Waals surface area contributed by atoms with E-state index in [0.717, 1.165) is 38.2 Å². The van der Waals surface area contributed by atoms with Crippen molar-refractivity contribution < 1.29 is 9.84 Å². The molecule has 2 heterocycles. The minimum Gasteiger partial charge on any atom is -0.388 e. The van der Waals surface area contributed by atoms with Crippen LogP contribution < -0.4 is 0 Å². The number of rotatable bonds is 1. The zero-order valence-corrected chi connectivity index (χ0v) is 8.98. The van der Waals surface area contributed by atoms with Gasteiger partial charge in [0, 0.05) is 18.5 Å². The van der Waals surface area contributed by atoms with Gasteiger partial charge in [-0.3, -0.25) is 0 Å². The van der Waals surface area contributed by atoms with Crippen LogP contribution in [-0.2, 0) is 4.74 Å². The van der Waals surface area contributed by atoms with Gasteiger partial charge in [-0.1, -0.05) is 6.92 Å². The molecule has 0 aromatic carbocycles. The maximum Gasteiger partial charge on any atom is 0.0800 e. The quantitative estimate of drug-likeness (QED) is 0.701. The van der Waals surface area contributed by atoms with Gasteiger partial charge in [0.25, 0.3) is 0 Å². The van der Waals surface area contributed by atoms with Crippen LogP contribution in [0.4, 0.5) is 0 Å². The van der Waals surface area contributed by atoms with Gasteiger partial charge in [0.2, 0.25) is 0 Å². The predicted octanol–water partition coefficient (Wildman–Crippen LogP) is 1.67. The highest BCUT2D eigenvalue weighted by Gasteiger charge is 2.45. The molecule has 0 radical (unpaired) electrons. The zero-order valence-electron chi connectivity index (χ0n) is 8.16. The van der Waals surface area contributed by atoms with Crippen molar-refractivity contribution >= 4 is 11.8 Å². The summed E-state index contributed by atoms with van der Waals surface area (Å²) in [5, 5.41) is 10.9. The molecule has 1 N–H and O–H groups in total. The lowest BCUT2D eigenvalue weighted by Gasteiger charge is -2.38. The van der Waals surface area contributed by atoms with Gasteiger partial charge < -0.3 is 9.84 Å². The van der Waals surface area contributed by atoms with Crippen LogP contribution in [-0.4, -0.2) is 34.9 Å². The largest absolute Gasteiger partial charge is 0.388 e. The van der Waals surface area contributed by atoms with E-state index in [1.54, 1.807) is 0 Å². The lowest BCUT2D eigenvalue weighted by molar-refractivity contribution is -0.0613. The number of hydrogen-bond acceptors (Lipinski definition) is 3. The van der Waals surface area contributed by atoms with Gasteiger partial charge in [0.15, 0.2) is 0 Å². The van der Waals surface area contributed by atoms with Crippen molar-refractivity contribution in [3.8, 4) is 0 Å². The van der Waals surface area contributed by atoms with Crippen LogP contribution in [0.2, 0.25) is 0 Å². The average molecular weight is 202 g/mol. The molecule has 13 heavy (non-hydrogen) atoms. The fourth-order valence-electron chi connectivity index (χ4n) is 2.48. The Bertz CT molecular complexity index is 180. The Balaban J connectivity index is 2.03. The third kappa shape index (κ3) is 1.74. The summed E-state index contributed by atoms with van der Waals surface area (Å²) in [4.78, 5) is 0. The molecule has 0 amide bonds. The highest BCUT2D eigenvalue weighted by atomic mass is 32.2. The molecule has 2 nitrogen and oxygen atoms in total. The van der Waals surface area contributed by atoms with Crippen molar-refractivity contribution in [1.29, 1.82) is 0 Å². The minimum absolute atomic E-state index is 0.394. The maximum atomic E-state index is 10.5. The first-order valence-corrected chi connectivity index (χ1v) is 6.20. The Labute approximate surface area is 84.0 Å². The Morgan fingerprint density at radius 1 is 1.38 bits per heavy atom. The maximum absolute atomic E-state index is 10.5. The first-order valence-electron chi connectivity index (χ1n) is 5.15. The highest BCUT2D eigenvalue weighted by Crippen LogP contribution is 2.43. The van der Waals surface area contributed by atoms with E-state index in [1.165, 1.54) is 0 Å². The zero-order chi connectivity index (χ0) is 9.31. The lowest BCUT2D eigenvalue weighted by Crippen LogP contribution is -2.45. The molecular weight excluding hydrogens is 184 g/mol. The van der Waals surface area contributed by atoms with Crippen molar-refractivity contribution in [2.45, 2.75) is 37.0 Å². The average Bonchev–Trinajstić information content (AvgIpc) is 2.50. The molecule has 0 aliphatic carbocycles. The topological polar surface area (TPSA) is 29.5 Å². The van der Waals surface area contributed by atoms with Gasteiger partial charge in [-0.25, -0.2) is 0 Å². The van der Waals surface area contributed by atoms with Crippen molar-refractivity contribution in [3.05, 3.63) is 0 Å². The van der Waals surface area contributed by atoms with E-state index in [-0.39, 0.29) is 0 Å². The van der Waals surface area contributed by atoms with Crippen LogP contribution >= 0.6 is 11.8 Å². The summed E-state index contributed by atoms with van der Waals surface area (Å²) in [7, 11) is 0. The van der Waals surface area contributed by atoms with E-state index in [1.807, 2.05) is 11.8 Å². The number of aliphatic hydroxyl groups is 1. The fraction of sp³-hybridized carbons (Fsp3) is 1.00. The second-order valence-electron chi connectivity index (χ2n) is 4.14. The summed E-state index contributed by atoms with van der Waals surface area (Å²) in [6.07, 6.45) is 3.06. The van der Waals surface area contributed by atoms with Crippen molar-refractivity contribution in [2.24, 2.45) is 5.92 Å². The standard InChI is InChI=1S/C10H18O2S/c1-8-10(11,4-7-13-8)9-2-5-12-6-3-9/h8-9,11H,2-7H2,1H3. The molecule has 0 aromatic rings. The first-order chi connectivity index (χ1) is 6.23. The molecule has 0 saturated carbocycles. The van der Waals surface area contributed by atoms with E-state index in [4.69, 9.17) is 4.74 Å². The summed E-state index contributed by atoms with van der Waals surface area (Å²) in [5.74, 6) is 1.60. The molecule has 2 fully saturated rings. The number of ether oxygens (including phenoxy) is 1. The summed E-state index contributed by atoms with van der Waals surface area (Å²) in [6, 6.07) is 0. The van der Waals surface area contributed by atoms with E-state index < -0.39 is 5.60 Å². The third-order valence-corrected chi connectivity index (χ3v) is 4.85. The van der Waals surface area contributed by atoms with Gasteiger partial charge >= 0.3 is 0 Å². The van der Waals surface area contributed by atoms with Crippen LogP contribution in [0.5, 0.6) is 0 Å². The summed E-state index contributed by atoms with van der Waals surface area (Å²) >= 11 is 1.91. The molecule has 0 aromatic heterocycles. The van der Waals surface area contributed by atoms with Crippen molar-refractivity contribution in [3.63, 3.8) is 0 Å². The Kier molecular flexibility index (Phi) is 2.86. The molecule has 2 unspecified atom stereocenters. The van der Waals surface area contributed by atoms with Crippen LogP contribution in [0, 0.1) is 5.92 Å². The second kappa shape index (κ2) is 3.79. The summed E-state index contributed by atoms with van der Waals surface area (Å²) in [6.45, 7) is 3.84. The number of hydrogen-bond donors (Lipinski definition) is 1. The van der Waals surface area contributed by atoms with Gasteiger partial charge in [-0.15, -0.1) is 0 Å². The SMILES string of the molecule is CC1SCCC1(O)C1CCOCC1. The van der Waals surface area contributed by atoms with Crippen LogP contribution in [0.3, 0.4) is 0 Å². The van der Waals surface area contributed by atoms with Gasteiger partial charge in [-0.05, 0) is 30.9 Å². The molecule has 3 heteroatoms. The van der Waals surface area contributed by atoms with Crippen molar-refractivity contribution in [1.82, 2.24) is 0 Å². The highest BCUT2D eigenvalue weighted by molar-refractivity contribution is 8.00. The van der Waals surface area contributed by atoms with E-state index in [9.17, 15) is 5.11 Å². The normalized spacial score (nSPS) is 42.5. The Morgan fingerprint density at radius 2 is 2.08 bits per heavy atom. The molecular formula is C10H18O2S. The molecule has 0 bridgehead atoms. The lowest BCUT2D eigenvalue weighted by atomic mass is 9.78. The van der Waals surface area contributed by atoms with Crippen molar-refractivity contribution in [2.75, 3.05) is 19.0 Å². The first kappa shape index (κ1) is 9.81. The summed E-state index contributed by atoms with van der Waals surface area (Å²) < 4.78 is 5.32. The molecule has 0 spiro atoms. The van der Waals surface area contributed by atoms with E-state index in [0.29, 0.717) is 11.2 Å². The second-order valence-corrected chi connectivity index (χ2v) is 5.59. The molecule has 2 saturated heterocycles. The number of thioether (sulfide) groups is 1. The summed E-state index contributed by atoms with van der Waals surface area (Å²) in [5.41, 5.74) is -0.394. The van der Waals surface area contributed by atoms with Crippen LogP contribution in [0.25, 0.3) is 0 Å². The molecule has 2 aliphatic rings. The van der Waals surface area contributed by atoms with Gasteiger partial charge in [0.05, 0.1) is 5.60 Å². The Morgan fingerprint density at radius 3 is 2.62 bits per heavy atom. The van der Waals surface area contributed by atoms with Gasteiger partial charge in [0.1, 0.15) is 0 Å². The predicted molar refractivity (Wildman–Crippen MR) is 55.0 cm³/mol. The molecule has 76 valence electrons. The van der Waals surface area contributed by atoms with Crippen LogP contribution in [0.15, 0.2) is 0 Å². The van der Waals surface area contributed by atoms with Crippen LogP contribution in [0.1, 0.15) is 26.2 Å². The fourth-order valence-corrected chi connectivity index (χ4v) is 3.88. The monoisotopic (exact) mass is 202 g/mol. The van der Waals surface area contributed by atoms with Gasteiger partial charge in [-0.2, -0.15) is 11.8 Å². The Hall–Kier alpha value is 0.270.